The van der Waals surface area contributed by atoms with Crippen LogP contribution in [0.3, 0.4) is 0 Å². The first-order valence-electron chi connectivity index (χ1n) is 6.96. The van der Waals surface area contributed by atoms with Crippen molar-refractivity contribution in [2.24, 2.45) is 0 Å². The van der Waals surface area contributed by atoms with Gasteiger partial charge in [0.1, 0.15) is 0 Å². The topological polar surface area (TPSA) is 19.0 Å². The summed E-state index contributed by atoms with van der Waals surface area (Å²) < 4.78 is 0. The maximum absolute atomic E-state index is 3.39. The quantitative estimate of drug-likeness (QED) is 0.751. The fourth-order valence-corrected chi connectivity index (χ4v) is 2.84. The molecule has 2 heteroatoms. The third-order valence-electron chi connectivity index (χ3n) is 3.71. The molecule has 0 amide bonds. The second-order valence-corrected chi connectivity index (χ2v) is 5.59. The zero-order valence-electron chi connectivity index (χ0n) is 12.3. The summed E-state index contributed by atoms with van der Waals surface area (Å²) >= 11 is 0. The van der Waals surface area contributed by atoms with Crippen molar-refractivity contribution in [2.45, 2.75) is 13.5 Å². The van der Waals surface area contributed by atoms with Gasteiger partial charge < -0.3 is 9.88 Å². The molecule has 0 bridgehead atoms. The van der Waals surface area contributed by atoms with E-state index in [1.54, 1.807) is 0 Å². The molecule has 0 unspecified atom stereocenters. The van der Waals surface area contributed by atoms with Gasteiger partial charge in [-0.1, -0.05) is 36.4 Å². The Morgan fingerprint density at radius 1 is 0.950 bits per heavy atom. The predicted octanol–water partition coefficient (Wildman–Crippen LogP) is 4.20. The van der Waals surface area contributed by atoms with Crippen molar-refractivity contribution in [1.29, 1.82) is 0 Å². The van der Waals surface area contributed by atoms with E-state index in [-0.39, 0.29) is 0 Å². The molecule has 0 saturated carbocycles. The number of nitrogens with one attached hydrogen (secondary N) is 1. The van der Waals surface area contributed by atoms with Crippen LogP contribution in [0.4, 0.5) is 0 Å². The Kier molecular flexibility index (Phi) is 3.33. The first-order valence-corrected chi connectivity index (χ1v) is 6.96. The molecule has 3 aromatic rings. The number of hydrogen-bond acceptors (Lipinski definition) is 1. The molecule has 3 rings (SSSR count). The molecule has 0 aliphatic carbocycles. The van der Waals surface area contributed by atoms with Crippen molar-refractivity contribution >= 4 is 10.9 Å². The van der Waals surface area contributed by atoms with Crippen LogP contribution in [0.15, 0.2) is 48.7 Å². The highest BCUT2D eigenvalue weighted by molar-refractivity contribution is 5.98. The monoisotopic (exact) mass is 264 g/mol. The molecule has 2 aromatic carbocycles. The van der Waals surface area contributed by atoms with Gasteiger partial charge in [0.25, 0.3) is 0 Å². The van der Waals surface area contributed by atoms with Crippen LogP contribution in [-0.2, 0) is 6.54 Å². The molecule has 0 spiro atoms. The zero-order valence-corrected chi connectivity index (χ0v) is 12.3. The highest BCUT2D eigenvalue weighted by Gasteiger charge is 2.11. The molecule has 20 heavy (non-hydrogen) atoms. The van der Waals surface area contributed by atoms with Crippen LogP contribution < -0.4 is 0 Å². The average Bonchev–Trinajstić information content (AvgIpc) is 2.84. The SMILES string of the molecule is Cc1cccc2[nH]cc(-c3ccccc3CN(C)C)c12. The van der Waals surface area contributed by atoms with Crippen LogP contribution in [0.5, 0.6) is 0 Å². The van der Waals surface area contributed by atoms with E-state index in [0.29, 0.717) is 0 Å². The average molecular weight is 264 g/mol. The van der Waals surface area contributed by atoms with Gasteiger partial charge in [0.15, 0.2) is 0 Å². The lowest BCUT2D eigenvalue weighted by Crippen LogP contribution is -2.11. The van der Waals surface area contributed by atoms with Crippen LogP contribution in [-0.4, -0.2) is 24.0 Å². The number of benzene rings is 2. The minimum atomic E-state index is 0.953. The number of hydrogen-bond donors (Lipinski definition) is 1. The van der Waals surface area contributed by atoms with Crippen LogP contribution in [0.1, 0.15) is 11.1 Å². The highest BCUT2D eigenvalue weighted by Crippen LogP contribution is 2.33. The molecule has 0 aliphatic rings. The second kappa shape index (κ2) is 5.14. The van der Waals surface area contributed by atoms with Gasteiger partial charge in [-0.25, -0.2) is 0 Å². The van der Waals surface area contributed by atoms with Crippen molar-refractivity contribution in [3.05, 3.63) is 59.8 Å². The molecule has 0 aliphatic heterocycles. The van der Waals surface area contributed by atoms with Gasteiger partial charge in [0.05, 0.1) is 0 Å². The van der Waals surface area contributed by atoms with E-state index in [2.05, 4.69) is 79.6 Å². The Bertz CT molecular complexity index is 738. The molecular weight excluding hydrogens is 244 g/mol. The molecular formula is C18H20N2. The number of aryl methyl sites for hydroxylation is 1. The Hall–Kier alpha value is -2.06. The zero-order chi connectivity index (χ0) is 14.1. The summed E-state index contributed by atoms with van der Waals surface area (Å²) in [5.74, 6) is 0. The van der Waals surface area contributed by atoms with E-state index < -0.39 is 0 Å². The highest BCUT2D eigenvalue weighted by atomic mass is 15.0. The van der Waals surface area contributed by atoms with Gasteiger partial charge >= 0.3 is 0 Å². The summed E-state index contributed by atoms with van der Waals surface area (Å²) in [7, 11) is 4.22. The van der Waals surface area contributed by atoms with E-state index >= 15 is 0 Å². The van der Waals surface area contributed by atoms with Gasteiger partial charge in [0.2, 0.25) is 0 Å². The van der Waals surface area contributed by atoms with Crippen molar-refractivity contribution in [1.82, 2.24) is 9.88 Å². The number of aromatic nitrogens is 1. The summed E-state index contributed by atoms with van der Waals surface area (Å²) in [6.45, 7) is 3.13. The van der Waals surface area contributed by atoms with Gasteiger partial charge in [-0.05, 0) is 43.8 Å². The first kappa shape index (κ1) is 12.9. The van der Waals surface area contributed by atoms with Crippen molar-refractivity contribution in [3.63, 3.8) is 0 Å². The molecule has 0 radical (unpaired) electrons. The molecule has 1 heterocycles. The molecule has 0 saturated heterocycles. The molecule has 0 fully saturated rings. The number of H-pyrrole nitrogens is 1. The number of fused-ring (bicyclic) bond motifs is 1. The Morgan fingerprint density at radius 2 is 1.75 bits per heavy atom. The van der Waals surface area contributed by atoms with Gasteiger partial charge in [-0.3, -0.25) is 0 Å². The molecule has 2 nitrogen and oxygen atoms in total. The van der Waals surface area contributed by atoms with Crippen molar-refractivity contribution in [3.8, 4) is 11.1 Å². The lowest BCUT2D eigenvalue weighted by Gasteiger charge is -2.14. The Balaban J connectivity index is 2.21. The van der Waals surface area contributed by atoms with Gasteiger partial charge in [-0.15, -0.1) is 0 Å². The standard InChI is InChI=1S/C18H20N2/c1-13-7-6-10-17-18(13)16(11-19-17)15-9-5-4-8-14(15)12-20(2)3/h4-11,19H,12H2,1-3H3. The van der Waals surface area contributed by atoms with Crippen LogP contribution in [0.25, 0.3) is 22.0 Å². The normalized spacial score (nSPS) is 11.4. The third-order valence-corrected chi connectivity index (χ3v) is 3.71. The number of rotatable bonds is 3. The fraction of sp³-hybridized carbons (Fsp3) is 0.222. The van der Waals surface area contributed by atoms with E-state index in [9.17, 15) is 0 Å². The minimum absolute atomic E-state index is 0.953. The summed E-state index contributed by atoms with van der Waals surface area (Å²) in [6.07, 6.45) is 2.13. The maximum Gasteiger partial charge on any atom is 0.0463 e. The second-order valence-electron chi connectivity index (χ2n) is 5.59. The Morgan fingerprint density at radius 3 is 2.55 bits per heavy atom. The first-order chi connectivity index (χ1) is 9.66. The van der Waals surface area contributed by atoms with E-state index in [1.807, 2.05) is 0 Å². The van der Waals surface area contributed by atoms with Gasteiger partial charge in [-0.2, -0.15) is 0 Å². The Labute approximate surface area is 120 Å². The lowest BCUT2D eigenvalue weighted by atomic mass is 9.97. The molecule has 1 N–H and O–H groups in total. The summed E-state index contributed by atoms with van der Waals surface area (Å²) in [5.41, 5.74) is 6.51. The van der Waals surface area contributed by atoms with Crippen molar-refractivity contribution < 1.29 is 0 Å². The maximum atomic E-state index is 3.39. The largest absolute Gasteiger partial charge is 0.361 e. The molecule has 1 aromatic heterocycles. The smallest absolute Gasteiger partial charge is 0.0463 e. The van der Waals surface area contributed by atoms with Gasteiger partial charge in [0, 0.05) is 29.2 Å². The van der Waals surface area contributed by atoms with E-state index in [1.165, 1.54) is 33.2 Å². The lowest BCUT2D eigenvalue weighted by molar-refractivity contribution is 0.403. The summed E-state index contributed by atoms with van der Waals surface area (Å²) in [6, 6.07) is 15.1. The number of aromatic amines is 1. The third kappa shape index (κ3) is 2.23. The van der Waals surface area contributed by atoms with Crippen LogP contribution in [0.2, 0.25) is 0 Å². The predicted molar refractivity (Wildman–Crippen MR) is 85.9 cm³/mol. The van der Waals surface area contributed by atoms with E-state index in [0.717, 1.165) is 6.54 Å². The van der Waals surface area contributed by atoms with Crippen LogP contribution >= 0.6 is 0 Å². The molecule has 0 atom stereocenters. The summed E-state index contributed by atoms with van der Waals surface area (Å²) in [4.78, 5) is 5.60. The van der Waals surface area contributed by atoms with E-state index in [4.69, 9.17) is 0 Å². The number of nitrogens with zero attached hydrogens (tertiary/aromatic N) is 1. The van der Waals surface area contributed by atoms with Crippen LogP contribution in [0, 0.1) is 6.92 Å². The minimum Gasteiger partial charge on any atom is -0.361 e. The summed E-state index contributed by atoms with van der Waals surface area (Å²) in [5, 5.41) is 1.33. The molecule has 102 valence electrons. The fourth-order valence-electron chi connectivity index (χ4n) is 2.84. The van der Waals surface area contributed by atoms with Crippen molar-refractivity contribution in [2.75, 3.05) is 14.1 Å².